The Balaban J connectivity index is 0.00000261. The van der Waals surface area contributed by atoms with E-state index in [2.05, 4.69) is 61.6 Å². The molecule has 0 unspecified atom stereocenters. The maximum atomic E-state index is 5.26. The zero-order valence-corrected chi connectivity index (χ0v) is 18.7. The third-order valence-corrected chi connectivity index (χ3v) is 5.20. The number of methoxy groups -OCH3 is 1. The molecule has 0 spiro atoms. The lowest BCUT2D eigenvalue weighted by Crippen LogP contribution is -2.15. The smallest absolute Gasteiger partial charge is 0.190 e. The van der Waals surface area contributed by atoms with E-state index >= 15 is 0 Å². The van der Waals surface area contributed by atoms with Crippen molar-refractivity contribution in [3.8, 4) is 17.0 Å². The summed E-state index contributed by atoms with van der Waals surface area (Å²) in [5.41, 5.74) is 7.00. The normalized spacial score (nSPS) is 11.2. The number of hydrogen-bond acceptors (Lipinski definition) is 3. The minimum absolute atomic E-state index is 0. The second-order valence-electron chi connectivity index (χ2n) is 6.39. The van der Waals surface area contributed by atoms with Crippen LogP contribution >= 0.6 is 28.3 Å². The van der Waals surface area contributed by atoms with Crippen molar-refractivity contribution < 1.29 is 4.74 Å². The first kappa shape index (κ1) is 21.2. The van der Waals surface area contributed by atoms with Crippen molar-refractivity contribution in [1.29, 1.82) is 0 Å². The average molecular weight is 445 g/mol. The van der Waals surface area contributed by atoms with Crippen LogP contribution in [0.15, 0.2) is 59.4 Å². The second kappa shape index (κ2) is 9.20. The summed E-state index contributed by atoms with van der Waals surface area (Å²) in [6.07, 6.45) is 1.91. The maximum absolute atomic E-state index is 5.26. The van der Waals surface area contributed by atoms with Crippen molar-refractivity contribution in [3.05, 3.63) is 75.9 Å². The standard InChI is InChI=1S/C22H24N2OS.BrH/c1-6-11-24-20(18-7-9-19(25-5)10-8-18)14-26-22(24)23-21-16(3)12-15(2)13-17(21)4;/h6-10,12-14H,1,11H2,2-5H3;1H. The summed E-state index contributed by atoms with van der Waals surface area (Å²) in [4.78, 5) is 5.97. The van der Waals surface area contributed by atoms with Crippen LogP contribution in [-0.4, -0.2) is 11.7 Å². The van der Waals surface area contributed by atoms with Gasteiger partial charge in [-0.15, -0.1) is 34.9 Å². The minimum Gasteiger partial charge on any atom is -0.497 e. The Bertz CT molecular complexity index is 977. The number of rotatable bonds is 5. The van der Waals surface area contributed by atoms with Gasteiger partial charge in [0, 0.05) is 11.9 Å². The van der Waals surface area contributed by atoms with Crippen LogP contribution in [0.25, 0.3) is 11.3 Å². The fourth-order valence-corrected chi connectivity index (χ4v) is 4.09. The molecule has 0 radical (unpaired) electrons. The molecule has 0 aliphatic rings. The number of benzene rings is 2. The number of ether oxygens (including phenoxy) is 1. The molecule has 0 atom stereocenters. The largest absolute Gasteiger partial charge is 0.497 e. The highest BCUT2D eigenvalue weighted by molar-refractivity contribution is 8.93. The molecule has 0 N–H and O–H groups in total. The predicted molar refractivity (Wildman–Crippen MR) is 121 cm³/mol. The molecule has 0 saturated carbocycles. The fraction of sp³-hybridized carbons (Fsp3) is 0.227. The van der Waals surface area contributed by atoms with Gasteiger partial charge in [0.2, 0.25) is 0 Å². The quantitative estimate of drug-likeness (QED) is 0.433. The molecule has 3 nitrogen and oxygen atoms in total. The molecular formula is C22H25BrN2OS. The van der Waals surface area contributed by atoms with Gasteiger partial charge in [0.1, 0.15) is 5.75 Å². The van der Waals surface area contributed by atoms with Gasteiger partial charge in [-0.2, -0.15) is 0 Å². The second-order valence-corrected chi connectivity index (χ2v) is 7.23. The van der Waals surface area contributed by atoms with Crippen molar-refractivity contribution in [2.24, 2.45) is 4.99 Å². The Kier molecular flexibility index (Phi) is 7.22. The van der Waals surface area contributed by atoms with E-state index in [0.717, 1.165) is 27.5 Å². The number of hydrogen-bond donors (Lipinski definition) is 0. The molecule has 0 aliphatic carbocycles. The first-order valence-electron chi connectivity index (χ1n) is 8.59. The maximum Gasteiger partial charge on any atom is 0.190 e. The molecule has 3 aromatic rings. The van der Waals surface area contributed by atoms with Gasteiger partial charge in [0.15, 0.2) is 4.80 Å². The summed E-state index contributed by atoms with van der Waals surface area (Å²) in [6, 6.07) is 12.5. The molecule has 142 valence electrons. The average Bonchev–Trinajstić information content (AvgIpc) is 3.01. The molecule has 0 aliphatic heterocycles. The van der Waals surface area contributed by atoms with E-state index in [0.29, 0.717) is 6.54 Å². The molecule has 2 aromatic carbocycles. The van der Waals surface area contributed by atoms with Gasteiger partial charge in [-0.05, 0) is 61.7 Å². The van der Waals surface area contributed by atoms with Gasteiger partial charge in [-0.1, -0.05) is 23.8 Å². The fourth-order valence-electron chi connectivity index (χ4n) is 3.16. The third-order valence-electron chi connectivity index (χ3n) is 4.34. The van der Waals surface area contributed by atoms with Gasteiger partial charge in [0.25, 0.3) is 0 Å². The SMILES string of the molecule is Br.C=CCn1c(-c2ccc(OC)cc2)csc1=Nc1c(C)cc(C)cc1C. The van der Waals surface area contributed by atoms with Crippen molar-refractivity contribution in [2.45, 2.75) is 27.3 Å². The van der Waals surface area contributed by atoms with Crippen LogP contribution in [0.2, 0.25) is 0 Å². The molecule has 1 heterocycles. The first-order chi connectivity index (χ1) is 12.5. The van der Waals surface area contributed by atoms with E-state index < -0.39 is 0 Å². The van der Waals surface area contributed by atoms with E-state index in [4.69, 9.17) is 9.73 Å². The van der Waals surface area contributed by atoms with Crippen LogP contribution in [0.5, 0.6) is 5.75 Å². The molecular weight excluding hydrogens is 420 g/mol. The monoisotopic (exact) mass is 444 g/mol. The van der Waals surface area contributed by atoms with Gasteiger partial charge >= 0.3 is 0 Å². The molecule has 3 rings (SSSR count). The molecule has 0 bridgehead atoms. The zero-order chi connectivity index (χ0) is 18.7. The molecule has 1 aromatic heterocycles. The summed E-state index contributed by atoms with van der Waals surface area (Å²) in [7, 11) is 1.68. The van der Waals surface area contributed by atoms with Crippen LogP contribution in [0, 0.1) is 20.8 Å². The Labute approximate surface area is 175 Å². The Morgan fingerprint density at radius 3 is 2.30 bits per heavy atom. The van der Waals surface area contributed by atoms with Crippen LogP contribution in [0.1, 0.15) is 16.7 Å². The van der Waals surface area contributed by atoms with E-state index in [1.807, 2.05) is 18.2 Å². The number of halogens is 1. The highest BCUT2D eigenvalue weighted by Gasteiger charge is 2.09. The molecule has 0 amide bonds. The summed E-state index contributed by atoms with van der Waals surface area (Å²) in [5.74, 6) is 0.857. The number of aromatic nitrogens is 1. The number of thiazole rings is 1. The lowest BCUT2D eigenvalue weighted by Gasteiger charge is -2.09. The van der Waals surface area contributed by atoms with E-state index in [1.54, 1.807) is 18.4 Å². The van der Waals surface area contributed by atoms with Gasteiger partial charge in [-0.25, -0.2) is 4.99 Å². The number of aryl methyl sites for hydroxylation is 3. The highest BCUT2D eigenvalue weighted by Crippen LogP contribution is 2.26. The third kappa shape index (κ3) is 4.60. The minimum atomic E-state index is 0. The van der Waals surface area contributed by atoms with Gasteiger partial charge in [-0.3, -0.25) is 0 Å². The Hall–Kier alpha value is -2.11. The van der Waals surface area contributed by atoms with Gasteiger partial charge < -0.3 is 9.30 Å². The van der Waals surface area contributed by atoms with Crippen molar-refractivity contribution in [3.63, 3.8) is 0 Å². The molecule has 0 saturated heterocycles. The summed E-state index contributed by atoms with van der Waals surface area (Å²) < 4.78 is 7.47. The van der Waals surface area contributed by atoms with Crippen LogP contribution < -0.4 is 9.54 Å². The predicted octanol–water partition coefficient (Wildman–Crippen LogP) is 6.15. The highest BCUT2D eigenvalue weighted by atomic mass is 79.9. The van der Waals surface area contributed by atoms with E-state index in [-0.39, 0.29) is 17.0 Å². The summed E-state index contributed by atoms with van der Waals surface area (Å²) in [5, 5.41) is 2.16. The molecule has 0 fully saturated rings. The molecule has 5 heteroatoms. The summed E-state index contributed by atoms with van der Waals surface area (Å²) in [6.45, 7) is 11.0. The Morgan fingerprint density at radius 1 is 1.11 bits per heavy atom. The van der Waals surface area contributed by atoms with Crippen LogP contribution in [0.4, 0.5) is 5.69 Å². The van der Waals surface area contributed by atoms with Gasteiger partial charge in [0.05, 0.1) is 18.5 Å². The first-order valence-corrected chi connectivity index (χ1v) is 9.47. The lowest BCUT2D eigenvalue weighted by atomic mass is 10.1. The van der Waals surface area contributed by atoms with E-state index in [9.17, 15) is 0 Å². The van der Waals surface area contributed by atoms with Crippen molar-refractivity contribution in [1.82, 2.24) is 4.57 Å². The van der Waals surface area contributed by atoms with Crippen LogP contribution in [0.3, 0.4) is 0 Å². The van der Waals surface area contributed by atoms with Crippen LogP contribution in [-0.2, 0) is 6.54 Å². The molecule has 27 heavy (non-hydrogen) atoms. The van der Waals surface area contributed by atoms with Crippen molar-refractivity contribution >= 4 is 34.0 Å². The van der Waals surface area contributed by atoms with E-state index in [1.165, 1.54) is 16.7 Å². The Morgan fingerprint density at radius 2 is 1.74 bits per heavy atom. The zero-order valence-electron chi connectivity index (χ0n) is 16.2. The lowest BCUT2D eigenvalue weighted by molar-refractivity contribution is 0.415. The summed E-state index contributed by atoms with van der Waals surface area (Å²) >= 11 is 1.65. The van der Waals surface area contributed by atoms with Crippen molar-refractivity contribution in [2.75, 3.05) is 7.11 Å². The number of nitrogens with zero attached hydrogens (tertiary/aromatic N) is 2. The number of allylic oxidation sites excluding steroid dienone is 1. The topological polar surface area (TPSA) is 26.5 Å².